The van der Waals surface area contributed by atoms with E-state index in [0.717, 1.165) is 31.9 Å². The summed E-state index contributed by atoms with van der Waals surface area (Å²) in [6.07, 6.45) is 4.91. The molecule has 1 N–H and O–H groups in total. The van der Waals surface area contributed by atoms with E-state index in [9.17, 15) is 8.42 Å². The van der Waals surface area contributed by atoms with Gasteiger partial charge in [-0.2, -0.15) is 0 Å². The van der Waals surface area contributed by atoms with Crippen LogP contribution in [-0.2, 0) is 14.9 Å². The molecule has 0 spiro atoms. The van der Waals surface area contributed by atoms with Crippen molar-refractivity contribution in [2.45, 2.75) is 36.7 Å². The number of sulfonamides is 1. The van der Waals surface area contributed by atoms with Gasteiger partial charge in [0.05, 0.1) is 11.1 Å². The van der Waals surface area contributed by atoms with Crippen molar-refractivity contribution in [2.24, 2.45) is 0 Å². The maximum Gasteiger partial charge on any atom is 0.264 e. The molecule has 5 nitrogen and oxygen atoms in total. The molecule has 0 amide bonds. The first-order valence-corrected chi connectivity index (χ1v) is 7.71. The first kappa shape index (κ1) is 14.0. The molecule has 0 radical (unpaired) electrons. The van der Waals surface area contributed by atoms with Crippen molar-refractivity contribution in [1.29, 1.82) is 0 Å². The normalized spacial score (nSPS) is 17.2. The van der Waals surface area contributed by atoms with E-state index >= 15 is 0 Å². The molecule has 0 unspecified atom stereocenters. The SMILES string of the molecule is O=S(=O)(NOC1CCCC1)c1cnc(Cl)c(Cl)c1. The Kier molecular flexibility index (Phi) is 4.45. The first-order chi connectivity index (χ1) is 8.49. The van der Waals surface area contributed by atoms with Gasteiger partial charge in [-0.3, -0.25) is 4.84 Å². The Morgan fingerprint density at radius 1 is 1.33 bits per heavy atom. The molecule has 1 heterocycles. The van der Waals surface area contributed by atoms with Crippen molar-refractivity contribution < 1.29 is 13.3 Å². The minimum Gasteiger partial charge on any atom is -0.284 e. The van der Waals surface area contributed by atoms with Crippen LogP contribution >= 0.6 is 23.2 Å². The molecular formula is C10H12Cl2N2O3S. The van der Waals surface area contributed by atoms with Crippen LogP contribution in [0.5, 0.6) is 0 Å². The van der Waals surface area contributed by atoms with Gasteiger partial charge in [-0.15, -0.1) is 0 Å². The summed E-state index contributed by atoms with van der Waals surface area (Å²) < 4.78 is 23.7. The second-order valence-electron chi connectivity index (χ2n) is 4.05. The summed E-state index contributed by atoms with van der Waals surface area (Å²) in [5, 5.41) is 0.146. The lowest BCUT2D eigenvalue weighted by atomic mass is 10.3. The smallest absolute Gasteiger partial charge is 0.264 e. The molecule has 1 aromatic rings. The van der Waals surface area contributed by atoms with E-state index in [1.54, 1.807) is 0 Å². The minimum atomic E-state index is -3.76. The Hall–Kier alpha value is -0.400. The zero-order valence-corrected chi connectivity index (χ0v) is 11.7. The van der Waals surface area contributed by atoms with Crippen LogP contribution in [0.4, 0.5) is 0 Å². The van der Waals surface area contributed by atoms with Crippen molar-refractivity contribution >= 4 is 33.2 Å². The van der Waals surface area contributed by atoms with E-state index in [1.165, 1.54) is 6.07 Å². The summed E-state index contributed by atoms with van der Waals surface area (Å²) in [6, 6.07) is 1.23. The molecule has 1 aliphatic rings. The number of hydrogen-bond donors (Lipinski definition) is 1. The third kappa shape index (κ3) is 3.33. The van der Waals surface area contributed by atoms with Crippen molar-refractivity contribution in [3.63, 3.8) is 0 Å². The average molecular weight is 311 g/mol. The van der Waals surface area contributed by atoms with Crippen LogP contribution in [0.2, 0.25) is 10.2 Å². The van der Waals surface area contributed by atoms with Gasteiger partial charge >= 0.3 is 0 Å². The summed E-state index contributed by atoms with van der Waals surface area (Å²) in [6.45, 7) is 0. The fraction of sp³-hybridized carbons (Fsp3) is 0.500. The zero-order valence-electron chi connectivity index (χ0n) is 9.40. The van der Waals surface area contributed by atoms with Crippen molar-refractivity contribution in [3.8, 4) is 0 Å². The van der Waals surface area contributed by atoms with Crippen LogP contribution in [0.3, 0.4) is 0 Å². The molecule has 1 saturated carbocycles. The fourth-order valence-corrected chi connectivity index (χ4v) is 2.89. The van der Waals surface area contributed by atoms with Gasteiger partial charge in [0.1, 0.15) is 10.0 Å². The van der Waals surface area contributed by atoms with Crippen molar-refractivity contribution in [1.82, 2.24) is 9.87 Å². The van der Waals surface area contributed by atoms with Gasteiger partial charge < -0.3 is 0 Å². The van der Waals surface area contributed by atoms with Gasteiger partial charge in [-0.25, -0.2) is 13.4 Å². The third-order valence-electron chi connectivity index (χ3n) is 2.71. The Morgan fingerprint density at radius 2 is 2.00 bits per heavy atom. The highest BCUT2D eigenvalue weighted by molar-refractivity contribution is 7.89. The molecule has 1 aliphatic carbocycles. The fourth-order valence-electron chi connectivity index (χ4n) is 1.74. The molecule has 1 fully saturated rings. The van der Waals surface area contributed by atoms with Gasteiger partial charge in [0, 0.05) is 6.20 Å². The third-order valence-corrected chi connectivity index (χ3v) is 4.55. The van der Waals surface area contributed by atoms with E-state index in [0.29, 0.717) is 0 Å². The molecule has 0 saturated heterocycles. The average Bonchev–Trinajstić information content (AvgIpc) is 2.83. The molecule has 2 rings (SSSR count). The van der Waals surface area contributed by atoms with Crippen LogP contribution in [-0.4, -0.2) is 19.5 Å². The molecular weight excluding hydrogens is 299 g/mol. The number of aromatic nitrogens is 1. The highest BCUT2D eigenvalue weighted by atomic mass is 35.5. The van der Waals surface area contributed by atoms with Gasteiger partial charge in [0.2, 0.25) is 0 Å². The largest absolute Gasteiger partial charge is 0.284 e. The molecule has 0 atom stereocenters. The Balaban J connectivity index is 2.07. The summed E-state index contributed by atoms with van der Waals surface area (Å²) >= 11 is 11.3. The van der Waals surface area contributed by atoms with Crippen molar-refractivity contribution in [2.75, 3.05) is 0 Å². The molecule has 8 heteroatoms. The van der Waals surface area contributed by atoms with Crippen LogP contribution in [0.1, 0.15) is 25.7 Å². The summed E-state index contributed by atoms with van der Waals surface area (Å²) in [7, 11) is -3.76. The lowest BCUT2D eigenvalue weighted by molar-refractivity contribution is 0.0223. The monoisotopic (exact) mass is 310 g/mol. The first-order valence-electron chi connectivity index (χ1n) is 5.47. The second kappa shape index (κ2) is 5.71. The number of pyridine rings is 1. The van der Waals surface area contributed by atoms with Gasteiger partial charge in [-0.05, 0) is 18.9 Å². The maximum absolute atomic E-state index is 11.9. The van der Waals surface area contributed by atoms with Crippen LogP contribution in [0.15, 0.2) is 17.2 Å². The van der Waals surface area contributed by atoms with Gasteiger partial charge in [-0.1, -0.05) is 40.9 Å². The Morgan fingerprint density at radius 3 is 2.61 bits per heavy atom. The van der Waals surface area contributed by atoms with E-state index in [4.69, 9.17) is 28.0 Å². The number of nitrogens with zero attached hydrogens (tertiary/aromatic N) is 1. The Labute approximate surface area is 115 Å². The molecule has 0 bridgehead atoms. The number of rotatable bonds is 4. The second-order valence-corrected chi connectivity index (χ2v) is 6.46. The molecule has 18 heavy (non-hydrogen) atoms. The summed E-state index contributed by atoms with van der Waals surface area (Å²) in [5.41, 5.74) is 0. The lowest BCUT2D eigenvalue weighted by Gasteiger charge is -2.12. The van der Waals surface area contributed by atoms with E-state index < -0.39 is 10.0 Å². The van der Waals surface area contributed by atoms with Crippen LogP contribution < -0.4 is 4.89 Å². The van der Waals surface area contributed by atoms with Crippen LogP contribution in [0.25, 0.3) is 0 Å². The Bertz CT molecular complexity index is 530. The van der Waals surface area contributed by atoms with Gasteiger partial charge in [0.25, 0.3) is 10.0 Å². The standard InChI is InChI=1S/C10H12Cl2N2O3S/c11-9-5-8(6-13-10(9)12)18(15,16)14-17-7-3-1-2-4-7/h5-7,14H,1-4H2. The molecule has 0 aliphatic heterocycles. The highest BCUT2D eigenvalue weighted by Gasteiger charge is 2.21. The lowest BCUT2D eigenvalue weighted by Crippen LogP contribution is -2.28. The zero-order chi connectivity index (χ0) is 13.2. The minimum absolute atomic E-state index is 0.0597. The van der Waals surface area contributed by atoms with Gasteiger partial charge in [0.15, 0.2) is 0 Å². The summed E-state index contributed by atoms with van der Waals surface area (Å²) in [5.74, 6) is 0. The predicted octanol–water partition coefficient (Wildman–Crippen LogP) is 2.54. The van der Waals surface area contributed by atoms with Crippen LogP contribution in [0, 0.1) is 0 Å². The topological polar surface area (TPSA) is 68.3 Å². The number of hydrogen-bond acceptors (Lipinski definition) is 4. The van der Waals surface area contributed by atoms with E-state index in [2.05, 4.69) is 9.87 Å². The maximum atomic E-state index is 11.9. The molecule has 1 aromatic heterocycles. The summed E-state index contributed by atoms with van der Waals surface area (Å²) in [4.78, 5) is 10.9. The van der Waals surface area contributed by atoms with Crippen molar-refractivity contribution in [3.05, 3.63) is 22.4 Å². The predicted molar refractivity (Wildman–Crippen MR) is 67.9 cm³/mol. The van der Waals surface area contributed by atoms with E-state index in [1.807, 2.05) is 0 Å². The van der Waals surface area contributed by atoms with E-state index in [-0.39, 0.29) is 21.2 Å². The molecule has 0 aromatic carbocycles. The number of halogens is 2. The highest BCUT2D eigenvalue weighted by Crippen LogP contribution is 2.23. The quantitative estimate of drug-likeness (QED) is 0.685. The number of nitrogens with one attached hydrogen (secondary N) is 1. The molecule has 100 valence electrons.